The number of ketones is 1. The number of hydrogen-bond acceptors (Lipinski definition) is 7. The largest absolute Gasteiger partial charge is 0.507 e. The van der Waals surface area contributed by atoms with Crippen LogP contribution in [0, 0.1) is 0 Å². The summed E-state index contributed by atoms with van der Waals surface area (Å²) in [6.45, 7) is 2.75. The summed E-state index contributed by atoms with van der Waals surface area (Å²) in [6, 6.07) is 14.8. The van der Waals surface area contributed by atoms with Crippen LogP contribution in [0.25, 0.3) is 16.0 Å². The molecule has 1 N–H and O–H groups in total. The number of halogens is 1. The molecule has 3 heterocycles. The van der Waals surface area contributed by atoms with Crippen LogP contribution >= 0.6 is 22.9 Å². The van der Waals surface area contributed by atoms with Gasteiger partial charge < -0.3 is 9.84 Å². The number of unbranched alkanes of at least 4 members (excludes halogenated alkanes) is 2. The monoisotopic (exact) mass is 533 g/mol. The molecule has 1 unspecified atom stereocenters. The van der Waals surface area contributed by atoms with E-state index in [0.29, 0.717) is 39.2 Å². The van der Waals surface area contributed by atoms with Crippen molar-refractivity contribution >= 4 is 55.7 Å². The van der Waals surface area contributed by atoms with Crippen molar-refractivity contribution in [3.8, 4) is 5.75 Å². The molecule has 1 aliphatic rings. The number of aromatic nitrogens is 2. The quantitative estimate of drug-likeness (QED) is 0.120. The van der Waals surface area contributed by atoms with E-state index in [1.165, 1.54) is 28.6 Å². The normalized spacial score (nSPS) is 17.0. The Morgan fingerprint density at radius 2 is 1.84 bits per heavy atom. The molecule has 0 bridgehead atoms. The number of benzene rings is 2. The lowest BCUT2D eigenvalue weighted by Gasteiger charge is -2.23. The average Bonchev–Trinajstić information content (AvgIpc) is 3.44. The van der Waals surface area contributed by atoms with Crippen LogP contribution in [0.2, 0.25) is 5.02 Å². The van der Waals surface area contributed by atoms with E-state index >= 15 is 0 Å². The number of thiazole rings is 1. The predicted molar refractivity (Wildman–Crippen MR) is 145 cm³/mol. The number of hydrogen-bond donors (Lipinski definition) is 1. The van der Waals surface area contributed by atoms with Crippen LogP contribution in [0.3, 0.4) is 0 Å². The van der Waals surface area contributed by atoms with E-state index in [0.717, 1.165) is 24.0 Å². The molecule has 1 saturated heterocycles. The Morgan fingerprint density at radius 1 is 1.08 bits per heavy atom. The SMILES string of the molecule is CCCCCOc1ccc(C2/C(=C(\O)c3ccncc3)C(=O)C(=O)N2c2nc3ccc(Cl)cc3s2)cc1. The molecule has 4 aromatic rings. The number of carbonyl (C=O) groups excluding carboxylic acids is 2. The van der Waals surface area contributed by atoms with Gasteiger partial charge in [0.05, 0.1) is 28.4 Å². The van der Waals surface area contributed by atoms with Gasteiger partial charge in [-0.25, -0.2) is 4.98 Å². The first-order valence-corrected chi connectivity index (χ1v) is 13.2. The first kappa shape index (κ1) is 24.9. The molecule has 0 saturated carbocycles. The summed E-state index contributed by atoms with van der Waals surface area (Å²) >= 11 is 7.41. The maximum atomic E-state index is 13.4. The van der Waals surface area contributed by atoms with Gasteiger partial charge in [0.2, 0.25) is 0 Å². The minimum atomic E-state index is -0.877. The molecule has 9 heteroatoms. The first-order valence-electron chi connectivity index (χ1n) is 12.0. The minimum absolute atomic E-state index is 0.00916. The van der Waals surface area contributed by atoms with E-state index in [-0.39, 0.29) is 11.3 Å². The number of pyridine rings is 1. The lowest BCUT2D eigenvalue weighted by atomic mass is 9.95. The molecule has 2 aromatic heterocycles. The molecule has 0 radical (unpaired) electrons. The van der Waals surface area contributed by atoms with Crippen molar-refractivity contribution in [2.45, 2.75) is 32.2 Å². The minimum Gasteiger partial charge on any atom is -0.507 e. The topological polar surface area (TPSA) is 92.6 Å². The summed E-state index contributed by atoms with van der Waals surface area (Å²) < 4.78 is 6.62. The standard InChI is InChI=1S/C28H24ClN3O4S/c1-2-3-4-15-36-20-8-5-17(6-9-20)24-23(25(33)18-11-13-30-14-12-18)26(34)27(35)32(24)28-31-21-10-7-19(29)16-22(21)37-28/h5-14,16,24,33H,2-4,15H2,1H3/b25-23+. The van der Waals surface area contributed by atoms with Gasteiger partial charge in [-0.1, -0.05) is 54.8 Å². The maximum Gasteiger partial charge on any atom is 0.301 e. The Bertz CT molecular complexity index is 1480. The average molecular weight is 534 g/mol. The molecule has 1 atom stereocenters. The second kappa shape index (κ2) is 10.7. The second-order valence-corrected chi connectivity index (χ2v) is 10.1. The van der Waals surface area contributed by atoms with E-state index in [1.807, 2.05) is 24.3 Å². The molecule has 1 fully saturated rings. The number of aliphatic hydroxyl groups excluding tert-OH is 1. The Kier molecular flexibility index (Phi) is 7.21. The Labute approximate surface area is 223 Å². The molecule has 5 rings (SSSR count). The summed E-state index contributed by atoms with van der Waals surface area (Å²) in [5.74, 6) is -1.11. The zero-order valence-electron chi connectivity index (χ0n) is 20.1. The predicted octanol–water partition coefficient (Wildman–Crippen LogP) is 6.54. The fraction of sp³-hybridized carbons (Fsp3) is 0.214. The van der Waals surface area contributed by atoms with Gasteiger partial charge >= 0.3 is 5.91 Å². The summed E-state index contributed by atoms with van der Waals surface area (Å²) in [5.41, 5.74) is 1.69. The fourth-order valence-electron chi connectivity index (χ4n) is 4.29. The summed E-state index contributed by atoms with van der Waals surface area (Å²) in [4.78, 5) is 36.7. The van der Waals surface area contributed by atoms with Crippen LogP contribution in [-0.4, -0.2) is 33.4 Å². The zero-order valence-corrected chi connectivity index (χ0v) is 21.6. The number of nitrogens with zero attached hydrogens (tertiary/aromatic N) is 3. The second-order valence-electron chi connectivity index (χ2n) is 8.64. The van der Waals surface area contributed by atoms with Gasteiger partial charge in [0.1, 0.15) is 11.5 Å². The fourth-order valence-corrected chi connectivity index (χ4v) is 5.56. The third-order valence-electron chi connectivity index (χ3n) is 6.16. The molecule has 0 aliphatic carbocycles. The van der Waals surface area contributed by atoms with Crippen LogP contribution in [0.1, 0.15) is 43.4 Å². The Balaban J connectivity index is 1.59. The van der Waals surface area contributed by atoms with Gasteiger partial charge in [-0.05, 0) is 54.4 Å². The third-order valence-corrected chi connectivity index (χ3v) is 7.41. The highest BCUT2D eigenvalue weighted by Gasteiger charge is 2.48. The number of ether oxygens (including phenoxy) is 1. The number of fused-ring (bicyclic) bond motifs is 1. The number of carbonyl (C=O) groups is 2. The van der Waals surface area contributed by atoms with Crippen LogP contribution in [0.4, 0.5) is 5.13 Å². The summed E-state index contributed by atoms with van der Waals surface area (Å²) in [6.07, 6.45) is 6.20. The lowest BCUT2D eigenvalue weighted by molar-refractivity contribution is -0.132. The smallest absolute Gasteiger partial charge is 0.301 e. The first-order chi connectivity index (χ1) is 18.0. The van der Waals surface area contributed by atoms with Crippen LogP contribution in [0.5, 0.6) is 5.75 Å². The van der Waals surface area contributed by atoms with Crippen LogP contribution < -0.4 is 9.64 Å². The maximum absolute atomic E-state index is 13.4. The molecule has 2 aromatic carbocycles. The third kappa shape index (κ3) is 4.95. The van der Waals surface area contributed by atoms with Crippen molar-refractivity contribution in [3.63, 3.8) is 0 Å². The molecule has 1 aliphatic heterocycles. The summed E-state index contributed by atoms with van der Waals surface area (Å²) in [5, 5.41) is 12.1. The highest BCUT2D eigenvalue weighted by Crippen LogP contribution is 2.44. The summed E-state index contributed by atoms with van der Waals surface area (Å²) in [7, 11) is 0. The number of anilines is 1. The zero-order chi connectivity index (χ0) is 25.9. The number of rotatable bonds is 8. The molecular formula is C28H24ClN3O4S. The highest BCUT2D eigenvalue weighted by molar-refractivity contribution is 7.22. The van der Waals surface area contributed by atoms with Gasteiger partial charge in [0, 0.05) is 23.0 Å². The molecule has 7 nitrogen and oxygen atoms in total. The Hall–Kier alpha value is -3.75. The number of aliphatic hydroxyl groups is 1. The van der Waals surface area contributed by atoms with E-state index in [2.05, 4.69) is 16.9 Å². The van der Waals surface area contributed by atoms with E-state index in [4.69, 9.17) is 16.3 Å². The van der Waals surface area contributed by atoms with Gasteiger partial charge in [0.15, 0.2) is 5.13 Å². The van der Waals surface area contributed by atoms with Crippen LogP contribution in [-0.2, 0) is 9.59 Å². The van der Waals surface area contributed by atoms with Crippen LogP contribution in [0.15, 0.2) is 72.6 Å². The van der Waals surface area contributed by atoms with E-state index in [9.17, 15) is 14.7 Å². The van der Waals surface area contributed by atoms with Crippen molar-refractivity contribution in [2.24, 2.45) is 0 Å². The number of amides is 1. The van der Waals surface area contributed by atoms with Gasteiger partial charge in [-0.15, -0.1) is 0 Å². The van der Waals surface area contributed by atoms with Crippen molar-refractivity contribution in [1.29, 1.82) is 0 Å². The van der Waals surface area contributed by atoms with Gasteiger partial charge in [0.25, 0.3) is 5.78 Å². The van der Waals surface area contributed by atoms with E-state index < -0.39 is 17.7 Å². The molecule has 1 amide bonds. The molecule has 0 spiro atoms. The molecule has 37 heavy (non-hydrogen) atoms. The van der Waals surface area contributed by atoms with Crippen molar-refractivity contribution in [2.75, 3.05) is 11.5 Å². The van der Waals surface area contributed by atoms with Gasteiger partial charge in [-0.3, -0.25) is 19.5 Å². The van der Waals surface area contributed by atoms with Gasteiger partial charge in [-0.2, -0.15) is 0 Å². The van der Waals surface area contributed by atoms with Crippen molar-refractivity contribution < 1.29 is 19.4 Å². The van der Waals surface area contributed by atoms with Crippen molar-refractivity contribution in [1.82, 2.24) is 9.97 Å². The highest BCUT2D eigenvalue weighted by atomic mass is 35.5. The number of Topliss-reactive ketones (excluding diaryl/α,β-unsaturated/α-hetero) is 1. The van der Waals surface area contributed by atoms with Crippen molar-refractivity contribution in [3.05, 3.63) is 88.7 Å². The van der Waals surface area contributed by atoms with E-state index in [1.54, 1.807) is 30.3 Å². The molecule has 188 valence electrons. The molecular weight excluding hydrogens is 510 g/mol. The Morgan fingerprint density at radius 3 is 2.57 bits per heavy atom. The lowest BCUT2D eigenvalue weighted by Crippen LogP contribution is -2.29.